The highest BCUT2D eigenvalue weighted by atomic mass is 16.6. The van der Waals surface area contributed by atoms with Gasteiger partial charge in [-0.25, -0.2) is 9.59 Å². The van der Waals surface area contributed by atoms with Crippen molar-refractivity contribution in [1.29, 1.82) is 0 Å². The van der Waals surface area contributed by atoms with E-state index in [0.29, 0.717) is 23.5 Å². The molecule has 0 spiro atoms. The smallest absolute Gasteiger partial charge is 0.408 e. The van der Waals surface area contributed by atoms with Gasteiger partial charge < -0.3 is 25.4 Å². The molecular weight excluding hydrogens is 350 g/mol. The zero-order valence-corrected chi connectivity index (χ0v) is 16.8. The Balaban J connectivity index is 2.85. The summed E-state index contributed by atoms with van der Waals surface area (Å²) in [5.41, 5.74) is 0.806. The third-order valence-corrected chi connectivity index (χ3v) is 3.28. The average Bonchev–Trinajstić information content (AvgIpc) is 2.54. The molecule has 0 aliphatic heterocycles. The van der Waals surface area contributed by atoms with Gasteiger partial charge in [0, 0.05) is 6.54 Å². The number of hydrogen-bond donors (Lipinski definition) is 3. The number of rotatable bonds is 7. The van der Waals surface area contributed by atoms with Gasteiger partial charge in [-0.3, -0.25) is 4.79 Å². The molecule has 27 heavy (non-hydrogen) atoms. The van der Waals surface area contributed by atoms with Crippen molar-refractivity contribution in [3.63, 3.8) is 0 Å². The van der Waals surface area contributed by atoms with Crippen LogP contribution >= 0.6 is 0 Å². The van der Waals surface area contributed by atoms with Gasteiger partial charge >= 0.3 is 12.1 Å². The van der Waals surface area contributed by atoms with Crippen LogP contribution in [0.1, 0.15) is 51.9 Å². The Bertz CT molecular complexity index is 682. The lowest BCUT2D eigenvalue weighted by molar-refractivity contribution is -0.117. The fourth-order valence-electron chi connectivity index (χ4n) is 2.12. The highest BCUT2D eigenvalue weighted by Crippen LogP contribution is 2.24. The van der Waals surface area contributed by atoms with Crippen LogP contribution in [0.3, 0.4) is 0 Å². The van der Waals surface area contributed by atoms with Crippen molar-refractivity contribution < 1.29 is 23.9 Å². The molecule has 1 rings (SSSR count). The van der Waals surface area contributed by atoms with Gasteiger partial charge in [-0.2, -0.15) is 0 Å². The Morgan fingerprint density at radius 1 is 1.11 bits per heavy atom. The molecule has 0 radical (unpaired) electrons. The zero-order chi connectivity index (χ0) is 20.6. The first kappa shape index (κ1) is 22.3. The average molecular weight is 379 g/mol. The zero-order valence-electron chi connectivity index (χ0n) is 16.8. The summed E-state index contributed by atoms with van der Waals surface area (Å²) in [7, 11) is 0. The number of ether oxygens (including phenoxy) is 2. The summed E-state index contributed by atoms with van der Waals surface area (Å²) in [5, 5.41) is 8.32. The second-order valence-corrected chi connectivity index (χ2v) is 6.87. The Hall–Kier alpha value is -2.77. The fraction of sp³-hybridized carbons (Fsp3) is 0.526. The quantitative estimate of drug-likeness (QED) is 0.629. The van der Waals surface area contributed by atoms with Gasteiger partial charge in [0.25, 0.3) is 0 Å². The van der Waals surface area contributed by atoms with Crippen molar-refractivity contribution in [3.05, 3.63) is 23.8 Å². The summed E-state index contributed by atoms with van der Waals surface area (Å²) in [6.07, 6.45) is -0.672. The van der Waals surface area contributed by atoms with E-state index in [2.05, 4.69) is 16.0 Å². The molecule has 2 amide bonds. The van der Waals surface area contributed by atoms with Crippen LogP contribution in [0, 0.1) is 0 Å². The van der Waals surface area contributed by atoms with Crippen molar-refractivity contribution in [1.82, 2.24) is 5.32 Å². The summed E-state index contributed by atoms with van der Waals surface area (Å²) in [4.78, 5) is 36.1. The van der Waals surface area contributed by atoms with Crippen LogP contribution < -0.4 is 16.0 Å². The predicted octanol–water partition coefficient (Wildman–Crippen LogP) is 3.15. The van der Waals surface area contributed by atoms with E-state index in [0.717, 1.165) is 0 Å². The van der Waals surface area contributed by atoms with Crippen molar-refractivity contribution >= 4 is 29.3 Å². The Kier molecular flexibility index (Phi) is 8.08. The highest BCUT2D eigenvalue weighted by Gasteiger charge is 2.22. The topological polar surface area (TPSA) is 106 Å². The summed E-state index contributed by atoms with van der Waals surface area (Å²) >= 11 is 0. The summed E-state index contributed by atoms with van der Waals surface area (Å²) in [5.74, 6) is -0.849. The molecule has 0 saturated carbocycles. The maximum Gasteiger partial charge on any atom is 0.408 e. The molecule has 0 aliphatic rings. The van der Waals surface area contributed by atoms with Crippen LogP contribution in [0.15, 0.2) is 18.2 Å². The van der Waals surface area contributed by atoms with E-state index >= 15 is 0 Å². The summed E-state index contributed by atoms with van der Waals surface area (Å²) in [6.45, 7) is 11.3. The van der Waals surface area contributed by atoms with Crippen molar-refractivity contribution in [3.8, 4) is 0 Å². The first-order chi connectivity index (χ1) is 12.6. The second-order valence-electron chi connectivity index (χ2n) is 6.87. The number of hydrogen-bond acceptors (Lipinski definition) is 6. The number of esters is 1. The summed E-state index contributed by atoms with van der Waals surface area (Å²) < 4.78 is 10.1. The molecule has 0 heterocycles. The Morgan fingerprint density at radius 2 is 1.78 bits per heavy atom. The Labute approximate surface area is 160 Å². The molecule has 1 aromatic rings. The van der Waals surface area contributed by atoms with Crippen molar-refractivity contribution in [2.45, 2.75) is 53.2 Å². The normalized spacial score (nSPS) is 11.9. The van der Waals surface area contributed by atoms with Crippen LogP contribution in [0.25, 0.3) is 0 Å². The van der Waals surface area contributed by atoms with Crippen molar-refractivity contribution in [2.75, 3.05) is 23.8 Å². The van der Waals surface area contributed by atoms with Crippen LogP contribution in [0.5, 0.6) is 0 Å². The van der Waals surface area contributed by atoms with Crippen LogP contribution in [-0.2, 0) is 14.3 Å². The molecular formula is C19H29N3O5. The molecule has 0 aliphatic carbocycles. The molecule has 1 aromatic carbocycles. The lowest BCUT2D eigenvalue weighted by Crippen LogP contribution is -2.44. The number of benzene rings is 1. The number of alkyl carbamates (subject to hydrolysis) is 1. The van der Waals surface area contributed by atoms with Crippen LogP contribution in [0.4, 0.5) is 16.2 Å². The molecule has 0 aromatic heterocycles. The van der Waals surface area contributed by atoms with Crippen LogP contribution in [0.2, 0.25) is 0 Å². The largest absolute Gasteiger partial charge is 0.462 e. The Morgan fingerprint density at radius 3 is 2.33 bits per heavy atom. The van der Waals surface area contributed by atoms with Gasteiger partial charge in [0.1, 0.15) is 11.6 Å². The monoisotopic (exact) mass is 379 g/mol. The highest BCUT2D eigenvalue weighted by molar-refractivity contribution is 6.00. The molecule has 8 nitrogen and oxygen atoms in total. The first-order valence-corrected chi connectivity index (χ1v) is 8.92. The molecule has 0 bridgehead atoms. The number of amides is 2. The molecule has 0 unspecified atom stereocenters. The molecule has 8 heteroatoms. The minimum atomic E-state index is -0.806. The van der Waals surface area contributed by atoms with Crippen LogP contribution in [-0.4, -0.2) is 42.8 Å². The lowest BCUT2D eigenvalue weighted by atomic mass is 10.1. The maximum absolute atomic E-state index is 12.4. The van der Waals surface area contributed by atoms with E-state index in [1.165, 1.54) is 0 Å². The maximum atomic E-state index is 12.4. The van der Waals surface area contributed by atoms with Gasteiger partial charge in [0.15, 0.2) is 0 Å². The second kappa shape index (κ2) is 9.80. The van der Waals surface area contributed by atoms with E-state index in [1.807, 2.05) is 6.92 Å². The van der Waals surface area contributed by atoms with E-state index in [-0.39, 0.29) is 6.61 Å². The SMILES string of the molecule is CCNc1cc(C(=O)OCC)ccc1NC(=O)[C@@H](C)NC(=O)OC(C)(C)C. The number of nitrogens with one attached hydrogen (secondary N) is 3. The molecule has 150 valence electrons. The van der Waals surface area contributed by atoms with E-state index < -0.39 is 29.6 Å². The first-order valence-electron chi connectivity index (χ1n) is 8.92. The number of anilines is 2. The van der Waals surface area contributed by atoms with Gasteiger partial charge in [-0.15, -0.1) is 0 Å². The molecule has 0 fully saturated rings. The standard InChI is InChI=1S/C19H29N3O5/c1-7-20-15-11-13(17(24)26-8-2)9-10-14(15)22-16(23)12(3)21-18(25)27-19(4,5)6/h9-12,20H,7-8H2,1-6H3,(H,21,25)(H,22,23)/t12-/m1/s1. The predicted molar refractivity (Wildman–Crippen MR) is 104 cm³/mol. The van der Waals surface area contributed by atoms with Gasteiger partial charge in [0.2, 0.25) is 5.91 Å². The van der Waals surface area contributed by atoms with E-state index in [1.54, 1.807) is 52.8 Å². The molecule has 1 atom stereocenters. The van der Waals surface area contributed by atoms with Gasteiger partial charge in [-0.1, -0.05) is 0 Å². The lowest BCUT2D eigenvalue weighted by Gasteiger charge is -2.22. The molecule has 3 N–H and O–H groups in total. The van der Waals surface area contributed by atoms with E-state index in [4.69, 9.17) is 9.47 Å². The third-order valence-electron chi connectivity index (χ3n) is 3.28. The number of carbonyl (C=O) groups is 3. The van der Waals surface area contributed by atoms with Gasteiger partial charge in [0.05, 0.1) is 23.5 Å². The molecule has 0 saturated heterocycles. The summed E-state index contributed by atoms with van der Waals surface area (Å²) in [6, 6.07) is 3.99. The van der Waals surface area contributed by atoms with Gasteiger partial charge in [-0.05, 0) is 59.7 Å². The third kappa shape index (κ3) is 7.55. The van der Waals surface area contributed by atoms with Crippen molar-refractivity contribution in [2.24, 2.45) is 0 Å². The number of carbonyl (C=O) groups excluding carboxylic acids is 3. The minimum Gasteiger partial charge on any atom is -0.462 e. The minimum absolute atomic E-state index is 0.279. The van der Waals surface area contributed by atoms with E-state index in [9.17, 15) is 14.4 Å². The fourth-order valence-corrected chi connectivity index (χ4v) is 2.12.